The minimum Gasteiger partial charge on any atom is -0.352 e. The van der Waals surface area contributed by atoms with Gasteiger partial charge in [0, 0.05) is 12.5 Å². The third kappa shape index (κ3) is 5.34. The summed E-state index contributed by atoms with van der Waals surface area (Å²) < 4.78 is 0. The van der Waals surface area contributed by atoms with Gasteiger partial charge in [0.25, 0.3) is 5.91 Å². The Balaban J connectivity index is 1.68. The van der Waals surface area contributed by atoms with E-state index in [1.54, 1.807) is 6.07 Å². The highest BCUT2D eigenvalue weighted by molar-refractivity contribution is 7.99. The van der Waals surface area contributed by atoms with Crippen LogP contribution >= 0.6 is 23.1 Å². The largest absolute Gasteiger partial charge is 0.352 e. The lowest BCUT2D eigenvalue weighted by molar-refractivity contribution is -0.123. The number of thioether (sulfide) groups is 1. The Morgan fingerprint density at radius 2 is 1.84 bits per heavy atom. The van der Waals surface area contributed by atoms with Crippen molar-refractivity contribution in [1.82, 2.24) is 10.6 Å². The molecule has 1 fully saturated rings. The van der Waals surface area contributed by atoms with Crippen LogP contribution in [0.3, 0.4) is 0 Å². The molecule has 0 aliphatic carbocycles. The molecule has 2 N–H and O–H groups in total. The van der Waals surface area contributed by atoms with Crippen molar-refractivity contribution in [3.63, 3.8) is 0 Å². The van der Waals surface area contributed by atoms with E-state index in [0.717, 1.165) is 29.9 Å². The lowest BCUT2D eigenvalue weighted by Gasteiger charge is -2.26. The van der Waals surface area contributed by atoms with Gasteiger partial charge in [-0.3, -0.25) is 9.59 Å². The maximum Gasteiger partial charge on any atom is 0.262 e. The Bertz CT molecular complexity index is 683. The fraction of sp³-hybridized carbons (Fsp3) is 0.368. The molecular formula is C19H22N2O2S2. The smallest absolute Gasteiger partial charge is 0.262 e. The molecule has 6 heteroatoms. The lowest BCUT2D eigenvalue weighted by atomic mass is 10.0. The third-order valence-corrected chi connectivity index (χ3v) is 6.13. The molecule has 0 spiro atoms. The normalized spacial score (nSPS) is 16.2. The SMILES string of the molecule is O=C(NC(Cc1ccccc1)C(=O)NC1CCSCC1)c1cccs1. The van der Waals surface area contributed by atoms with Gasteiger partial charge < -0.3 is 10.6 Å². The van der Waals surface area contributed by atoms with Gasteiger partial charge in [0.1, 0.15) is 6.04 Å². The zero-order valence-corrected chi connectivity index (χ0v) is 15.6. The molecule has 25 heavy (non-hydrogen) atoms. The molecular weight excluding hydrogens is 352 g/mol. The van der Waals surface area contributed by atoms with Gasteiger partial charge in [0.15, 0.2) is 0 Å². The molecule has 2 amide bonds. The quantitative estimate of drug-likeness (QED) is 0.817. The van der Waals surface area contributed by atoms with Crippen molar-refractivity contribution in [3.8, 4) is 0 Å². The predicted octanol–water partition coefficient (Wildman–Crippen LogP) is 3.10. The molecule has 1 aliphatic rings. The first-order valence-corrected chi connectivity index (χ1v) is 10.5. The molecule has 2 heterocycles. The first kappa shape index (κ1) is 18.0. The van der Waals surface area contributed by atoms with Crippen LogP contribution in [0.5, 0.6) is 0 Å². The molecule has 2 aromatic rings. The maximum atomic E-state index is 12.8. The highest BCUT2D eigenvalue weighted by Gasteiger charge is 2.25. The van der Waals surface area contributed by atoms with Gasteiger partial charge in [0.05, 0.1) is 4.88 Å². The van der Waals surface area contributed by atoms with Crippen molar-refractivity contribution in [3.05, 3.63) is 58.3 Å². The molecule has 1 unspecified atom stereocenters. The number of benzene rings is 1. The summed E-state index contributed by atoms with van der Waals surface area (Å²) in [5.41, 5.74) is 1.04. The number of hydrogen-bond acceptors (Lipinski definition) is 4. The van der Waals surface area contributed by atoms with Crippen LogP contribution in [0.25, 0.3) is 0 Å². The lowest BCUT2D eigenvalue weighted by Crippen LogP contribution is -2.51. The first-order valence-electron chi connectivity index (χ1n) is 8.49. The van der Waals surface area contributed by atoms with Crippen molar-refractivity contribution in [1.29, 1.82) is 0 Å². The van der Waals surface area contributed by atoms with Crippen LogP contribution in [0.1, 0.15) is 28.1 Å². The number of thiophene rings is 1. The number of amides is 2. The monoisotopic (exact) mass is 374 g/mol. The molecule has 4 nitrogen and oxygen atoms in total. The summed E-state index contributed by atoms with van der Waals surface area (Å²) in [6.45, 7) is 0. The zero-order valence-electron chi connectivity index (χ0n) is 13.9. The second-order valence-corrected chi connectivity index (χ2v) is 8.26. The molecule has 1 saturated heterocycles. The second-order valence-electron chi connectivity index (χ2n) is 6.09. The second kappa shape index (κ2) is 9.06. The summed E-state index contributed by atoms with van der Waals surface area (Å²) in [4.78, 5) is 25.8. The number of hydrogen-bond donors (Lipinski definition) is 2. The van der Waals surface area contributed by atoms with Crippen LogP contribution in [0.15, 0.2) is 47.8 Å². The van der Waals surface area contributed by atoms with Crippen molar-refractivity contribution in [2.45, 2.75) is 31.3 Å². The maximum absolute atomic E-state index is 12.8. The molecule has 0 radical (unpaired) electrons. The Morgan fingerprint density at radius 1 is 1.08 bits per heavy atom. The van der Waals surface area contributed by atoms with Crippen LogP contribution < -0.4 is 10.6 Å². The number of rotatable bonds is 6. The predicted molar refractivity (Wildman–Crippen MR) is 104 cm³/mol. The molecule has 1 aromatic carbocycles. The minimum absolute atomic E-state index is 0.0920. The molecule has 0 saturated carbocycles. The molecule has 3 rings (SSSR count). The highest BCUT2D eigenvalue weighted by atomic mass is 32.2. The number of nitrogens with one attached hydrogen (secondary N) is 2. The first-order chi connectivity index (χ1) is 12.2. The van der Waals surface area contributed by atoms with E-state index in [1.165, 1.54) is 11.3 Å². The van der Waals surface area contributed by atoms with Crippen molar-refractivity contribution < 1.29 is 9.59 Å². The van der Waals surface area contributed by atoms with E-state index in [9.17, 15) is 9.59 Å². The molecule has 1 aromatic heterocycles. The Kier molecular flexibility index (Phi) is 6.53. The van der Waals surface area contributed by atoms with Gasteiger partial charge in [-0.15, -0.1) is 11.3 Å². The van der Waals surface area contributed by atoms with Crippen molar-refractivity contribution in [2.24, 2.45) is 0 Å². The van der Waals surface area contributed by atoms with Gasteiger partial charge in [0.2, 0.25) is 5.91 Å². The molecule has 1 atom stereocenters. The van der Waals surface area contributed by atoms with Crippen LogP contribution in [0, 0.1) is 0 Å². The summed E-state index contributed by atoms with van der Waals surface area (Å²) in [6.07, 6.45) is 2.48. The van der Waals surface area contributed by atoms with Gasteiger partial charge in [-0.05, 0) is 41.4 Å². The summed E-state index contributed by atoms with van der Waals surface area (Å²) in [6, 6.07) is 13.1. The van der Waals surface area contributed by atoms with Gasteiger partial charge in [-0.25, -0.2) is 0 Å². The zero-order chi connectivity index (χ0) is 17.5. The van der Waals surface area contributed by atoms with E-state index < -0.39 is 6.04 Å². The van der Waals surface area contributed by atoms with E-state index in [0.29, 0.717) is 11.3 Å². The van der Waals surface area contributed by atoms with Crippen LogP contribution in [-0.2, 0) is 11.2 Å². The molecule has 1 aliphatic heterocycles. The minimum atomic E-state index is -0.563. The summed E-state index contributed by atoms with van der Waals surface area (Å²) >= 11 is 3.31. The van der Waals surface area contributed by atoms with Gasteiger partial charge in [-0.1, -0.05) is 36.4 Å². The Morgan fingerprint density at radius 3 is 2.52 bits per heavy atom. The van der Waals surface area contributed by atoms with E-state index in [2.05, 4.69) is 10.6 Å². The van der Waals surface area contributed by atoms with Gasteiger partial charge >= 0.3 is 0 Å². The van der Waals surface area contributed by atoms with Crippen LogP contribution in [-0.4, -0.2) is 35.4 Å². The highest BCUT2D eigenvalue weighted by Crippen LogP contribution is 2.17. The van der Waals surface area contributed by atoms with Crippen LogP contribution in [0.2, 0.25) is 0 Å². The fourth-order valence-electron chi connectivity index (χ4n) is 2.84. The van der Waals surface area contributed by atoms with Gasteiger partial charge in [-0.2, -0.15) is 11.8 Å². The van der Waals surface area contributed by atoms with Crippen LogP contribution in [0.4, 0.5) is 0 Å². The molecule has 132 valence electrons. The standard InChI is InChI=1S/C19H22N2O2S2/c22-18(20-15-8-11-24-12-9-15)16(13-14-5-2-1-3-6-14)21-19(23)17-7-4-10-25-17/h1-7,10,15-16H,8-9,11-13H2,(H,20,22)(H,21,23). The summed E-state index contributed by atoms with van der Waals surface area (Å²) in [5.74, 6) is 1.88. The van der Waals surface area contributed by atoms with E-state index in [4.69, 9.17) is 0 Å². The fourth-order valence-corrected chi connectivity index (χ4v) is 4.57. The van der Waals surface area contributed by atoms with E-state index in [-0.39, 0.29) is 17.9 Å². The Labute approximate surface area is 156 Å². The number of carbonyl (C=O) groups excluding carboxylic acids is 2. The summed E-state index contributed by atoms with van der Waals surface area (Å²) in [7, 11) is 0. The van der Waals surface area contributed by atoms with E-state index >= 15 is 0 Å². The third-order valence-electron chi connectivity index (χ3n) is 4.22. The summed E-state index contributed by atoms with van der Waals surface area (Å²) in [5, 5.41) is 7.90. The Hall–Kier alpha value is -1.79. The van der Waals surface area contributed by atoms with Crippen molar-refractivity contribution >= 4 is 34.9 Å². The van der Waals surface area contributed by atoms with E-state index in [1.807, 2.05) is 53.5 Å². The number of carbonyl (C=O) groups is 2. The topological polar surface area (TPSA) is 58.2 Å². The van der Waals surface area contributed by atoms with Crippen molar-refractivity contribution in [2.75, 3.05) is 11.5 Å². The average Bonchev–Trinajstić information content (AvgIpc) is 3.18. The average molecular weight is 375 g/mol. The molecule has 0 bridgehead atoms.